The molecule has 7 heteroatoms. The molecule has 156 valence electrons. The summed E-state index contributed by atoms with van der Waals surface area (Å²) >= 11 is 0. The topological polar surface area (TPSA) is 99.8 Å². The van der Waals surface area contributed by atoms with E-state index in [2.05, 4.69) is 25.8 Å². The SMILES string of the molecule is Cc1ccc(C(=O)Nc2cccc(CNC(=O)c3cc(C)nc4n[nH]c(C)c34)c2)cc1. The molecule has 2 aromatic carbocycles. The van der Waals surface area contributed by atoms with Crippen molar-refractivity contribution in [2.75, 3.05) is 5.32 Å². The van der Waals surface area contributed by atoms with Gasteiger partial charge in [0.1, 0.15) is 0 Å². The molecule has 4 aromatic rings. The summed E-state index contributed by atoms with van der Waals surface area (Å²) in [6.45, 7) is 6.00. The van der Waals surface area contributed by atoms with Gasteiger partial charge in [0.05, 0.1) is 10.9 Å². The van der Waals surface area contributed by atoms with Crippen LogP contribution in [0, 0.1) is 20.8 Å². The van der Waals surface area contributed by atoms with Crippen molar-refractivity contribution in [2.24, 2.45) is 0 Å². The van der Waals surface area contributed by atoms with Crippen molar-refractivity contribution in [1.82, 2.24) is 20.5 Å². The number of carbonyl (C=O) groups excluding carboxylic acids is 2. The summed E-state index contributed by atoms with van der Waals surface area (Å²) < 4.78 is 0. The number of amides is 2. The zero-order chi connectivity index (χ0) is 22.0. The van der Waals surface area contributed by atoms with Gasteiger partial charge >= 0.3 is 0 Å². The second-order valence-corrected chi connectivity index (χ2v) is 7.56. The molecule has 0 aliphatic carbocycles. The Hall–Kier alpha value is -4.00. The number of nitrogens with zero attached hydrogens (tertiary/aromatic N) is 2. The number of carbonyl (C=O) groups is 2. The summed E-state index contributed by atoms with van der Waals surface area (Å²) in [7, 11) is 0. The largest absolute Gasteiger partial charge is 0.348 e. The van der Waals surface area contributed by atoms with Crippen molar-refractivity contribution < 1.29 is 9.59 Å². The third-order valence-corrected chi connectivity index (χ3v) is 5.03. The Labute approximate surface area is 179 Å². The number of aryl methyl sites for hydroxylation is 3. The van der Waals surface area contributed by atoms with Gasteiger partial charge in [-0.1, -0.05) is 29.8 Å². The zero-order valence-corrected chi connectivity index (χ0v) is 17.6. The summed E-state index contributed by atoms with van der Waals surface area (Å²) in [6, 6.07) is 16.6. The zero-order valence-electron chi connectivity index (χ0n) is 17.6. The lowest BCUT2D eigenvalue weighted by molar-refractivity contribution is 0.0951. The number of aromatic amines is 1. The number of pyridine rings is 1. The number of rotatable bonds is 5. The van der Waals surface area contributed by atoms with Crippen molar-refractivity contribution >= 4 is 28.5 Å². The molecule has 4 rings (SSSR count). The lowest BCUT2D eigenvalue weighted by Gasteiger charge is -2.10. The summed E-state index contributed by atoms with van der Waals surface area (Å²) in [5.74, 6) is -0.375. The predicted octanol–water partition coefficient (Wildman–Crippen LogP) is 4.07. The van der Waals surface area contributed by atoms with Gasteiger partial charge in [-0.3, -0.25) is 14.7 Å². The molecule has 7 nitrogen and oxygen atoms in total. The number of benzene rings is 2. The van der Waals surface area contributed by atoms with Crippen molar-refractivity contribution in [3.63, 3.8) is 0 Å². The van der Waals surface area contributed by atoms with Crippen LogP contribution in [0.15, 0.2) is 54.6 Å². The number of H-pyrrole nitrogens is 1. The van der Waals surface area contributed by atoms with Crippen LogP contribution in [-0.2, 0) is 6.54 Å². The number of nitrogens with one attached hydrogen (secondary N) is 3. The first kappa shape index (κ1) is 20.3. The van der Waals surface area contributed by atoms with Gasteiger partial charge in [-0.25, -0.2) is 4.98 Å². The third-order valence-electron chi connectivity index (χ3n) is 5.03. The maximum absolute atomic E-state index is 12.9. The normalized spacial score (nSPS) is 10.8. The van der Waals surface area contributed by atoms with Crippen molar-refractivity contribution in [1.29, 1.82) is 0 Å². The van der Waals surface area contributed by atoms with Crippen molar-refractivity contribution in [3.8, 4) is 0 Å². The highest BCUT2D eigenvalue weighted by atomic mass is 16.2. The van der Waals surface area contributed by atoms with E-state index < -0.39 is 0 Å². The summed E-state index contributed by atoms with van der Waals surface area (Å²) in [5.41, 5.74) is 5.84. The molecule has 0 aliphatic rings. The lowest BCUT2D eigenvalue weighted by atomic mass is 10.1. The van der Waals surface area contributed by atoms with E-state index in [4.69, 9.17) is 0 Å². The Morgan fingerprint density at radius 2 is 1.74 bits per heavy atom. The van der Waals surface area contributed by atoms with E-state index in [0.717, 1.165) is 27.9 Å². The van der Waals surface area contributed by atoms with Crippen molar-refractivity contribution in [3.05, 3.63) is 88.2 Å². The molecule has 0 unspecified atom stereocenters. The number of hydrogen-bond donors (Lipinski definition) is 3. The Morgan fingerprint density at radius 1 is 0.968 bits per heavy atom. The molecule has 0 aliphatic heterocycles. The molecule has 0 spiro atoms. The summed E-state index contributed by atoms with van der Waals surface area (Å²) in [6.07, 6.45) is 0. The van der Waals surface area contributed by atoms with E-state index in [1.54, 1.807) is 18.2 Å². The first-order valence-electron chi connectivity index (χ1n) is 9.98. The van der Waals surface area contributed by atoms with Crippen LogP contribution in [0.2, 0.25) is 0 Å². The molecule has 2 heterocycles. The molecule has 0 bridgehead atoms. The summed E-state index contributed by atoms with van der Waals surface area (Å²) in [5, 5.41) is 13.6. The van der Waals surface area contributed by atoms with Gasteiger partial charge in [-0.05, 0) is 56.7 Å². The number of aromatic nitrogens is 3. The van der Waals surface area contributed by atoms with E-state index in [1.165, 1.54) is 0 Å². The van der Waals surface area contributed by atoms with Gasteiger partial charge in [0, 0.05) is 29.2 Å². The van der Waals surface area contributed by atoms with E-state index >= 15 is 0 Å². The van der Waals surface area contributed by atoms with Gasteiger partial charge in [0.25, 0.3) is 11.8 Å². The van der Waals surface area contributed by atoms with Gasteiger partial charge in [0.15, 0.2) is 5.65 Å². The maximum atomic E-state index is 12.9. The molecule has 31 heavy (non-hydrogen) atoms. The van der Waals surface area contributed by atoms with E-state index in [0.29, 0.717) is 29.0 Å². The monoisotopic (exact) mass is 413 g/mol. The summed E-state index contributed by atoms with van der Waals surface area (Å²) in [4.78, 5) is 29.7. The lowest BCUT2D eigenvalue weighted by Crippen LogP contribution is -2.23. The molecule has 0 atom stereocenters. The smallest absolute Gasteiger partial charge is 0.255 e. The highest BCUT2D eigenvalue weighted by Crippen LogP contribution is 2.20. The molecule has 2 aromatic heterocycles. The average molecular weight is 413 g/mol. The minimum Gasteiger partial charge on any atom is -0.348 e. The molecular formula is C24H23N5O2. The number of anilines is 1. The van der Waals surface area contributed by atoms with Gasteiger partial charge in [0.2, 0.25) is 0 Å². The van der Waals surface area contributed by atoms with Crippen molar-refractivity contribution in [2.45, 2.75) is 27.3 Å². The predicted molar refractivity (Wildman–Crippen MR) is 120 cm³/mol. The minimum atomic E-state index is -0.200. The van der Waals surface area contributed by atoms with E-state index in [1.807, 2.05) is 57.2 Å². The van der Waals surface area contributed by atoms with Crippen LogP contribution in [0.1, 0.15) is 43.2 Å². The Morgan fingerprint density at radius 3 is 2.52 bits per heavy atom. The van der Waals surface area contributed by atoms with Gasteiger partial charge in [-0.2, -0.15) is 5.10 Å². The Kier molecular flexibility index (Phi) is 5.49. The van der Waals surface area contributed by atoms with Crippen LogP contribution in [-0.4, -0.2) is 27.0 Å². The van der Waals surface area contributed by atoms with Crippen LogP contribution in [0.3, 0.4) is 0 Å². The van der Waals surface area contributed by atoms with Gasteiger partial charge < -0.3 is 10.6 Å². The quantitative estimate of drug-likeness (QED) is 0.459. The number of hydrogen-bond acceptors (Lipinski definition) is 4. The molecule has 0 saturated heterocycles. The fourth-order valence-electron chi connectivity index (χ4n) is 3.42. The first-order valence-corrected chi connectivity index (χ1v) is 9.98. The van der Waals surface area contributed by atoms with Crippen LogP contribution < -0.4 is 10.6 Å². The highest BCUT2D eigenvalue weighted by Gasteiger charge is 2.16. The average Bonchev–Trinajstić information content (AvgIpc) is 3.12. The van der Waals surface area contributed by atoms with Crippen LogP contribution in [0.5, 0.6) is 0 Å². The Bertz CT molecular complexity index is 1280. The fourth-order valence-corrected chi connectivity index (χ4v) is 3.42. The molecule has 0 saturated carbocycles. The first-order chi connectivity index (χ1) is 14.9. The molecule has 3 N–H and O–H groups in total. The maximum Gasteiger partial charge on any atom is 0.255 e. The standard InChI is InChI=1S/C24H23N5O2/c1-14-7-9-18(10-8-14)23(30)27-19-6-4-5-17(12-19)13-25-24(31)20-11-15(2)26-22-21(20)16(3)28-29-22/h4-12H,13H2,1-3H3,(H,25,31)(H,27,30)(H,26,28,29). The minimum absolute atomic E-state index is 0.175. The van der Waals surface area contributed by atoms with Crippen LogP contribution in [0.25, 0.3) is 11.0 Å². The van der Waals surface area contributed by atoms with Gasteiger partial charge in [-0.15, -0.1) is 0 Å². The molecule has 2 amide bonds. The third kappa shape index (κ3) is 4.45. The second-order valence-electron chi connectivity index (χ2n) is 7.56. The molecule has 0 fully saturated rings. The van der Waals surface area contributed by atoms with E-state index in [9.17, 15) is 9.59 Å². The fraction of sp³-hybridized carbons (Fsp3) is 0.167. The second kappa shape index (κ2) is 8.39. The molecule has 0 radical (unpaired) electrons. The highest BCUT2D eigenvalue weighted by molar-refractivity contribution is 6.06. The molecular weight excluding hydrogens is 390 g/mol. The van der Waals surface area contributed by atoms with Crippen LogP contribution in [0.4, 0.5) is 5.69 Å². The van der Waals surface area contributed by atoms with E-state index in [-0.39, 0.29) is 11.8 Å². The Balaban J connectivity index is 1.46. The number of fused-ring (bicyclic) bond motifs is 1. The van der Waals surface area contributed by atoms with Crippen LogP contribution >= 0.6 is 0 Å².